The van der Waals surface area contributed by atoms with Gasteiger partial charge >= 0.3 is 0 Å². The molecule has 3 heterocycles. The van der Waals surface area contributed by atoms with Gasteiger partial charge in [-0.2, -0.15) is 4.98 Å². The van der Waals surface area contributed by atoms with Crippen molar-refractivity contribution >= 4 is 23.6 Å². The van der Waals surface area contributed by atoms with Crippen LogP contribution in [-0.2, 0) is 10.5 Å². The number of aromatic nitrogens is 5. The van der Waals surface area contributed by atoms with Crippen molar-refractivity contribution in [1.29, 1.82) is 0 Å². The summed E-state index contributed by atoms with van der Waals surface area (Å²) in [5.74, 6) is 1.60. The lowest BCUT2D eigenvalue weighted by atomic mass is 10.3. The number of hydrogen-bond donors (Lipinski definition) is 2. The highest BCUT2D eigenvalue weighted by Crippen LogP contribution is 2.13. The van der Waals surface area contributed by atoms with Crippen LogP contribution in [0.15, 0.2) is 48.8 Å². The Bertz CT molecular complexity index is 762. The van der Waals surface area contributed by atoms with E-state index in [-0.39, 0.29) is 11.9 Å². The highest BCUT2D eigenvalue weighted by Gasteiger charge is 2.09. The third kappa shape index (κ3) is 4.36. The number of hydrogen-bond acceptors (Lipinski definition) is 6. The van der Waals surface area contributed by atoms with E-state index in [0.29, 0.717) is 23.0 Å². The van der Waals surface area contributed by atoms with Crippen LogP contribution in [0.25, 0.3) is 11.5 Å². The molecule has 0 fully saturated rings. The summed E-state index contributed by atoms with van der Waals surface area (Å²) in [5.41, 5.74) is 1.62. The molecule has 0 aromatic carbocycles. The highest BCUT2D eigenvalue weighted by molar-refractivity contribution is 7.99. The summed E-state index contributed by atoms with van der Waals surface area (Å²) in [6, 6.07) is 11.2. The Morgan fingerprint density at radius 1 is 1.13 bits per heavy atom. The lowest BCUT2D eigenvalue weighted by Gasteiger charge is -2.01. The summed E-state index contributed by atoms with van der Waals surface area (Å²) < 4.78 is 0. The number of anilines is 1. The maximum absolute atomic E-state index is 11.9. The first-order valence-corrected chi connectivity index (χ1v) is 8.08. The molecule has 3 aromatic rings. The first-order valence-electron chi connectivity index (χ1n) is 6.92. The monoisotopic (exact) mass is 326 g/mol. The average Bonchev–Trinajstić information content (AvgIpc) is 3.05. The van der Waals surface area contributed by atoms with Crippen LogP contribution in [0, 0.1) is 0 Å². The van der Waals surface area contributed by atoms with Gasteiger partial charge in [-0.15, -0.1) is 16.9 Å². The Morgan fingerprint density at radius 3 is 2.70 bits per heavy atom. The van der Waals surface area contributed by atoms with E-state index in [0.717, 1.165) is 5.69 Å². The molecule has 7 nitrogen and oxygen atoms in total. The summed E-state index contributed by atoms with van der Waals surface area (Å²) in [6.07, 6.45) is 3.41. The van der Waals surface area contributed by atoms with Gasteiger partial charge in [0, 0.05) is 18.1 Å². The summed E-state index contributed by atoms with van der Waals surface area (Å²) in [7, 11) is 0. The number of thioether (sulfide) groups is 1. The maximum Gasteiger partial charge on any atom is 0.249 e. The topological polar surface area (TPSA) is 96.5 Å². The zero-order chi connectivity index (χ0) is 15.9. The molecular formula is C15H14N6OS. The molecule has 0 atom stereocenters. The molecule has 0 aliphatic heterocycles. The average molecular weight is 326 g/mol. The molecule has 8 heteroatoms. The number of rotatable bonds is 6. The smallest absolute Gasteiger partial charge is 0.249 e. The van der Waals surface area contributed by atoms with Crippen LogP contribution in [0.4, 0.5) is 5.95 Å². The molecule has 0 spiro atoms. The van der Waals surface area contributed by atoms with Crippen LogP contribution < -0.4 is 5.32 Å². The number of carbonyl (C=O) groups is 1. The van der Waals surface area contributed by atoms with Crippen LogP contribution in [0.2, 0.25) is 0 Å². The van der Waals surface area contributed by atoms with Gasteiger partial charge in [-0.3, -0.25) is 25.2 Å². The largest absolute Gasteiger partial charge is 0.292 e. The van der Waals surface area contributed by atoms with Crippen molar-refractivity contribution in [3.8, 4) is 11.5 Å². The number of nitrogens with zero attached hydrogens (tertiary/aromatic N) is 4. The van der Waals surface area contributed by atoms with Gasteiger partial charge in [0.05, 0.1) is 11.4 Å². The Labute approximate surface area is 137 Å². The second-order valence-corrected chi connectivity index (χ2v) is 5.57. The zero-order valence-electron chi connectivity index (χ0n) is 12.1. The molecule has 2 N–H and O–H groups in total. The number of amides is 1. The predicted octanol–water partition coefficient (Wildman–Crippen LogP) is 2.13. The van der Waals surface area contributed by atoms with Crippen LogP contribution in [-0.4, -0.2) is 36.8 Å². The quantitative estimate of drug-likeness (QED) is 0.720. The second-order valence-electron chi connectivity index (χ2n) is 4.58. The van der Waals surface area contributed by atoms with Gasteiger partial charge in [0.1, 0.15) is 5.69 Å². The van der Waals surface area contributed by atoms with Gasteiger partial charge in [0.25, 0.3) is 0 Å². The van der Waals surface area contributed by atoms with E-state index < -0.39 is 0 Å². The molecule has 0 saturated carbocycles. The lowest BCUT2D eigenvalue weighted by Crippen LogP contribution is -2.15. The molecule has 3 aromatic heterocycles. The molecule has 116 valence electrons. The first kappa shape index (κ1) is 15.2. The van der Waals surface area contributed by atoms with E-state index in [1.165, 1.54) is 11.8 Å². The van der Waals surface area contributed by atoms with E-state index >= 15 is 0 Å². The van der Waals surface area contributed by atoms with Crippen molar-refractivity contribution in [1.82, 2.24) is 25.1 Å². The Balaban J connectivity index is 1.49. The Morgan fingerprint density at radius 2 is 1.96 bits per heavy atom. The minimum atomic E-state index is -0.155. The van der Waals surface area contributed by atoms with Gasteiger partial charge in [0.15, 0.2) is 5.82 Å². The summed E-state index contributed by atoms with van der Waals surface area (Å²) in [5, 5.41) is 9.38. The molecule has 23 heavy (non-hydrogen) atoms. The molecule has 0 bridgehead atoms. The molecule has 0 saturated heterocycles. The lowest BCUT2D eigenvalue weighted by molar-refractivity contribution is -0.113. The number of pyridine rings is 2. The molecular weight excluding hydrogens is 312 g/mol. The summed E-state index contributed by atoms with van der Waals surface area (Å²) in [4.78, 5) is 24.5. The summed E-state index contributed by atoms with van der Waals surface area (Å²) >= 11 is 1.48. The number of H-pyrrole nitrogens is 1. The minimum Gasteiger partial charge on any atom is -0.292 e. The van der Waals surface area contributed by atoms with Gasteiger partial charge < -0.3 is 0 Å². The van der Waals surface area contributed by atoms with Crippen LogP contribution in [0.1, 0.15) is 5.69 Å². The van der Waals surface area contributed by atoms with Crippen molar-refractivity contribution in [3.05, 3.63) is 54.5 Å². The van der Waals surface area contributed by atoms with Gasteiger partial charge in [-0.25, -0.2) is 0 Å². The highest BCUT2D eigenvalue weighted by atomic mass is 32.2. The van der Waals surface area contributed by atoms with Gasteiger partial charge in [0.2, 0.25) is 11.9 Å². The van der Waals surface area contributed by atoms with E-state index in [9.17, 15) is 4.79 Å². The van der Waals surface area contributed by atoms with Gasteiger partial charge in [-0.05, 0) is 24.3 Å². The molecule has 0 radical (unpaired) electrons. The Hall–Kier alpha value is -2.74. The number of aromatic amines is 1. The van der Waals surface area contributed by atoms with E-state index in [1.54, 1.807) is 12.4 Å². The van der Waals surface area contributed by atoms with Crippen LogP contribution in [0.3, 0.4) is 0 Å². The number of nitrogens with one attached hydrogen (secondary N) is 2. The van der Waals surface area contributed by atoms with E-state index in [2.05, 4.69) is 30.5 Å². The molecule has 0 unspecified atom stereocenters. The Kier molecular flexibility index (Phi) is 4.95. The van der Waals surface area contributed by atoms with Crippen molar-refractivity contribution in [2.45, 2.75) is 5.75 Å². The predicted molar refractivity (Wildman–Crippen MR) is 88.6 cm³/mol. The molecule has 0 aliphatic rings. The minimum absolute atomic E-state index is 0.155. The standard InChI is InChI=1S/C15H14N6OS/c22-13(10-23-9-11-5-1-3-7-16-11)18-15-19-14(20-21-15)12-6-2-4-8-17-12/h1-8H,9-10H2,(H2,18,19,20,21,22). The SMILES string of the molecule is O=C(CSCc1ccccn1)Nc1n[nH]c(-c2ccccn2)n1. The normalized spacial score (nSPS) is 10.4. The van der Waals surface area contributed by atoms with Crippen molar-refractivity contribution in [3.63, 3.8) is 0 Å². The third-order valence-corrected chi connectivity index (χ3v) is 3.82. The zero-order valence-corrected chi connectivity index (χ0v) is 13.0. The molecule has 3 rings (SSSR count). The fraction of sp³-hybridized carbons (Fsp3) is 0.133. The molecule has 0 aliphatic carbocycles. The fourth-order valence-corrected chi connectivity index (χ4v) is 2.57. The van der Waals surface area contributed by atoms with E-state index in [4.69, 9.17) is 0 Å². The molecule has 1 amide bonds. The fourth-order valence-electron chi connectivity index (χ4n) is 1.83. The van der Waals surface area contributed by atoms with Crippen LogP contribution >= 0.6 is 11.8 Å². The van der Waals surface area contributed by atoms with Crippen molar-refractivity contribution < 1.29 is 4.79 Å². The maximum atomic E-state index is 11.9. The second kappa shape index (κ2) is 7.50. The summed E-state index contributed by atoms with van der Waals surface area (Å²) in [6.45, 7) is 0. The van der Waals surface area contributed by atoms with E-state index in [1.807, 2.05) is 36.4 Å². The van der Waals surface area contributed by atoms with Crippen LogP contribution in [0.5, 0.6) is 0 Å². The first-order chi connectivity index (χ1) is 11.3. The van der Waals surface area contributed by atoms with Crippen molar-refractivity contribution in [2.75, 3.05) is 11.1 Å². The van der Waals surface area contributed by atoms with Gasteiger partial charge in [-0.1, -0.05) is 12.1 Å². The third-order valence-electron chi connectivity index (χ3n) is 2.85. The number of carbonyl (C=O) groups excluding carboxylic acids is 1. The van der Waals surface area contributed by atoms with Crippen molar-refractivity contribution in [2.24, 2.45) is 0 Å².